The maximum Gasteiger partial charge on any atom is 0.194 e. The van der Waals surface area contributed by atoms with Crippen LogP contribution in [0, 0.1) is 23.3 Å². The summed E-state index contributed by atoms with van der Waals surface area (Å²) in [6.45, 7) is -1.44. The van der Waals surface area contributed by atoms with Gasteiger partial charge in [-0.3, -0.25) is 0 Å². The summed E-state index contributed by atoms with van der Waals surface area (Å²) in [4.78, 5) is 7.64. The molecule has 0 bridgehead atoms. The average molecular weight is 687 g/mol. The molecule has 0 radical (unpaired) electrons. The molecule has 2 saturated heterocycles. The van der Waals surface area contributed by atoms with Crippen molar-refractivity contribution in [3.63, 3.8) is 0 Å². The highest BCUT2D eigenvalue weighted by Gasteiger charge is 2.51. The van der Waals surface area contributed by atoms with Gasteiger partial charge in [0.25, 0.3) is 0 Å². The molecule has 1 aromatic carbocycles. The predicted molar refractivity (Wildman–Crippen MR) is 148 cm³/mol. The largest absolute Gasteiger partial charge is 0.394 e. The van der Waals surface area contributed by atoms with E-state index in [1.165, 1.54) is 6.20 Å². The Balaban J connectivity index is 1.25. The van der Waals surface area contributed by atoms with Crippen LogP contribution in [0.15, 0.2) is 36.9 Å². The van der Waals surface area contributed by atoms with E-state index in [2.05, 4.69) is 30.6 Å². The van der Waals surface area contributed by atoms with Crippen LogP contribution in [0.2, 0.25) is 0 Å². The fourth-order valence-electron chi connectivity index (χ4n) is 5.35. The van der Waals surface area contributed by atoms with Gasteiger partial charge in [-0.2, -0.15) is 0 Å². The van der Waals surface area contributed by atoms with Crippen molar-refractivity contribution in [2.45, 2.75) is 59.6 Å². The van der Waals surface area contributed by atoms with Crippen LogP contribution in [-0.2, 0) is 9.47 Å². The molecule has 6 rings (SSSR count). The lowest BCUT2D eigenvalue weighted by atomic mass is 9.97. The Bertz CT molecular complexity index is 1680. The second-order valence-electron chi connectivity index (χ2n) is 10.7. The number of aliphatic hydroxyl groups excluding tert-OH is 6. The number of ether oxygens (including phenoxy) is 2. The standard InChI is InChI=1S/C26H26F4N8O8S/c27-10-3-31-24(32-4-10)14-6-38(36-34-14)19-21(42)16(8-40)46-26(23(19)44)47-25-22(43)18(20(41)15(7-39)45-25)37-5-13(33-35-37)9-1-11(28)17(30)12(29)2-9/h1-6,15-16,18-23,25-26,39-44H,7-8H2/t15?,16-,18?,19?,20+,21?,22+,23-,25+,26+/m1/s1. The van der Waals surface area contributed by atoms with Gasteiger partial charge in [-0.15, -0.1) is 10.2 Å². The van der Waals surface area contributed by atoms with Crippen LogP contribution < -0.4 is 0 Å². The SMILES string of the molecule is OCC1O[C@@H](S[C@@H]2O[C@H](CO)C(O)C(n3cc(-c4ncc(F)cn4)nn3)[C@H]2O)[C@@H](O)C(n2cc(-c3cc(F)c(F)c(F)c3)nn2)[C@H]1O. The molecule has 10 atom stereocenters. The summed E-state index contributed by atoms with van der Waals surface area (Å²) in [6, 6.07) is -1.29. The Kier molecular flexibility index (Phi) is 9.51. The minimum absolute atomic E-state index is 0.00246. The van der Waals surface area contributed by atoms with Crippen molar-refractivity contribution in [2.75, 3.05) is 13.2 Å². The van der Waals surface area contributed by atoms with Crippen molar-refractivity contribution in [3.8, 4) is 22.8 Å². The number of hydrogen-bond acceptors (Lipinski definition) is 15. The quantitative estimate of drug-likeness (QED) is 0.0960. The number of aromatic nitrogens is 8. The molecule has 4 unspecified atom stereocenters. The first-order chi connectivity index (χ1) is 22.5. The van der Waals surface area contributed by atoms with Crippen LogP contribution in [0.1, 0.15) is 12.1 Å². The van der Waals surface area contributed by atoms with Gasteiger partial charge in [0, 0.05) is 5.56 Å². The Morgan fingerprint density at radius 3 is 1.66 bits per heavy atom. The highest BCUT2D eigenvalue weighted by Crippen LogP contribution is 2.42. The molecule has 3 aromatic heterocycles. The topological polar surface area (TPSA) is 227 Å². The summed E-state index contributed by atoms with van der Waals surface area (Å²) in [7, 11) is 0. The average Bonchev–Trinajstić information content (AvgIpc) is 3.74. The van der Waals surface area contributed by atoms with Gasteiger partial charge in [-0.05, 0) is 12.1 Å². The zero-order valence-electron chi connectivity index (χ0n) is 23.6. The number of thioether (sulfide) groups is 1. The molecule has 21 heteroatoms. The van der Waals surface area contributed by atoms with Gasteiger partial charge in [0.05, 0.1) is 38.0 Å². The molecule has 0 amide bonds. The fourth-order valence-corrected chi connectivity index (χ4v) is 6.67. The summed E-state index contributed by atoms with van der Waals surface area (Å²) in [6.07, 6.45) is -4.73. The molecule has 0 saturated carbocycles. The Morgan fingerprint density at radius 2 is 1.17 bits per heavy atom. The first-order valence-electron chi connectivity index (χ1n) is 13.9. The maximum atomic E-state index is 13.8. The normalized spacial score (nSPS) is 31.3. The molecule has 2 aliphatic rings. The summed E-state index contributed by atoms with van der Waals surface area (Å²) >= 11 is 0.691. The third kappa shape index (κ3) is 6.33. The number of aliphatic hydroxyl groups is 6. The Labute approximate surface area is 265 Å². The molecule has 6 N–H and O–H groups in total. The monoisotopic (exact) mass is 686 g/mol. The molecule has 47 heavy (non-hydrogen) atoms. The summed E-state index contributed by atoms with van der Waals surface area (Å²) in [5, 5.41) is 79.9. The van der Waals surface area contributed by atoms with E-state index in [0.717, 1.165) is 28.0 Å². The van der Waals surface area contributed by atoms with Crippen LogP contribution in [0.4, 0.5) is 17.6 Å². The number of halogens is 4. The minimum Gasteiger partial charge on any atom is -0.394 e. The molecule has 16 nitrogen and oxygen atoms in total. The zero-order valence-corrected chi connectivity index (χ0v) is 24.5. The van der Waals surface area contributed by atoms with Crippen LogP contribution >= 0.6 is 11.8 Å². The van der Waals surface area contributed by atoms with Crippen LogP contribution in [0.5, 0.6) is 0 Å². The van der Waals surface area contributed by atoms with Crippen molar-refractivity contribution in [1.82, 2.24) is 40.0 Å². The summed E-state index contributed by atoms with van der Waals surface area (Å²) < 4.78 is 67.9. The molecule has 2 aliphatic heterocycles. The van der Waals surface area contributed by atoms with Crippen LogP contribution in [0.3, 0.4) is 0 Å². The van der Waals surface area contributed by atoms with Gasteiger partial charge in [0.1, 0.15) is 71.0 Å². The highest BCUT2D eigenvalue weighted by atomic mass is 32.2. The van der Waals surface area contributed by atoms with Gasteiger partial charge in [0.2, 0.25) is 0 Å². The van der Waals surface area contributed by atoms with Crippen molar-refractivity contribution in [2.24, 2.45) is 0 Å². The van der Waals surface area contributed by atoms with E-state index in [9.17, 15) is 48.2 Å². The molecule has 252 valence electrons. The lowest BCUT2D eigenvalue weighted by Gasteiger charge is -2.46. The summed E-state index contributed by atoms with van der Waals surface area (Å²) in [5.74, 6) is -5.31. The lowest BCUT2D eigenvalue weighted by molar-refractivity contribution is -0.189. The van der Waals surface area contributed by atoms with Crippen LogP contribution in [0.25, 0.3) is 22.8 Å². The smallest absolute Gasteiger partial charge is 0.194 e. The second kappa shape index (κ2) is 13.4. The van der Waals surface area contributed by atoms with Gasteiger partial charge in [0.15, 0.2) is 29.1 Å². The van der Waals surface area contributed by atoms with E-state index in [0.29, 0.717) is 23.9 Å². The third-order valence-corrected chi connectivity index (χ3v) is 9.04. The van der Waals surface area contributed by atoms with Crippen molar-refractivity contribution >= 4 is 11.8 Å². The third-order valence-electron chi connectivity index (χ3n) is 7.73. The summed E-state index contributed by atoms with van der Waals surface area (Å²) in [5.41, 5.74) is -2.93. The maximum absolute atomic E-state index is 13.8. The van der Waals surface area contributed by atoms with Gasteiger partial charge in [-0.25, -0.2) is 36.9 Å². The number of rotatable bonds is 8. The Morgan fingerprint density at radius 1 is 0.702 bits per heavy atom. The van der Waals surface area contributed by atoms with Crippen molar-refractivity contribution in [3.05, 3.63) is 60.2 Å². The van der Waals surface area contributed by atoms with Gasteiger partial charge >= 0.3 is 0 Å². The van der Waals surface area contributed by atoms with Gasteiger partial charge in [-0.1, -0.05) is 22.2 Å². The molecular formula is C26H26F4N8O8S. The lowest BCUT2D eigenvalue weighted by Crippen LogP contribution is -2.58. The van der Waals surface area contributed by atoms with E-state index < -0.39 is 96.1 Å². The number of nitrogens with zero attached hydrogens (tertiary/aromatic N) is 8. The first-order valence-corrected chi connectivity index (χ1v) is 14.8. The highest BCUT2D eigenvalue weighted by molar-refractivity contribution is 8.00. The van der Waals surface area contributed by atoms with Crippen molar-refractivity contribution in [1.29, 1.82) is 0 Å². The molecule has 2 fully saturated rings. The molecule has 4 aromatic rings. The fraction of sp³-hybridized carbons (Fsp3) is 0.462. The first kappa shape index (κ1) is 33.2. The van der Waals surface area contributed by atoms with Crippen LogP contribution in [-0.4, -0.2) is 131 Å². The second-order valence-corrected chi connectivity index (χ2v) is 11.9. The Hall–Kier alpha value is -3.67. The molecule has 0 aliphatic carbocycles. The number of hydrogen-bond donors (Lipinski definition) is 6. The van der Waals surface area contributed by atoms with E-state index in [1.54, 1.807) is 0 Å². The minimum atomic E-state index is -1.68. The molecule has 0 spiro atoms. The van der Waals surface area contributed by atoms with E-state index in [1.807, 2.05) is 0 Å². The van der Waals surface area contributed by atoms with E-state index in [-0.39, 0.29) is 22.8 Å². The zero-order chi connectivity index (χ0) is 33.6. The number of benzene rings is 1. The molecular weight excluding hydrogens is 660 g/mol. The molecule has 5 heterocycles. The van der Waals surface area contributed by atoms with E-state index in [4.69, 9.17) is 9.47 Å². The predicted octanol–water partition coefficient (Wildman–Crippen LogP) is -1.06. The van der Waals surface area contributed by atoms with Crippen molar-refractivity contribution < 1.29 is 57.7 Å². The van der Waals surface area contributed by atoms with Gasteiger partial charge < -0.3 is 40.1 Å². The van der Waals surface area contributed by atoms with E-state index >= 15 is 0 Å².